The van der Waals surface area contributed by atoms with Crippen LogP contribution in [-0.4, -0.2) is 33.2 Å². The summed E-state index contributed by atoms with van der Waals surface area (Å²) >= 11 is 0. The highest BCUT2D eigenvalue weighted by atomic mass is 16.5. The second kappa shape index (κ2) is 3.70. The maximum atomic E-state index is 11.5. The van der Waals surface area contributed by atoms with Crippen molar-refractivity contribution in [1.82, 2.24) is 19.5 Å². The maximum Gasteiger partial charge on any atom is 0.327 e. The van der Waals surface area contributed by atoms with Gasteiger partial charge in [-0.15, -0.1) is 0 Å². The van der Waals surface area contributed by atoms with Gasteiger partial charge in [-0.05, 0) is 0 Å². The van der Waals surface area contributed by atoms with Crippen LogP contribution in [0.2, 0.25) is 0 Å². The van der Waals surface area contributed by atoms with E-state index in [4.69, 9.17) is 4.74 Å². The highest BCUT2D eigenvalue weighted by Gasteiger charge is 2.07. The fraction of sp³-hybridized carbons (Fsp3) is 0.375. The molecule has 2 aromatic heterocycles. The van der Waals surface area contributed by atoms with Crippen molar-refractivity contribution in [3.05, 3.63) is 27.2 Å². The van der Waals surface area contributed by atoms with Crippen LogP contribution in [0, 0.1) is 0 Å². The largest absolute Gasteiger partial charge is 0.383 e. The van der Waals surface area contributed by atoms with Gasteiger partial charge in [-0.1, -0.05) is 0 Å². The Morgan fingerprint density at radius 1 is 1.47 bits per heavy atom. The van der Waals surface area contributed by atoms with Crippen molar-refractivity contribution in [1.29, 1.82) is 0 Å². The summed E-state index contributed by atoms with van der Waals surface area (Å²) < 4.78 is 6.53. The minimum Gasteiger partial charge on any atom is -0.383 e. The number of aromatic amines is 2. The van der Waals surface area contributed by atoms with E-state index in [0.29, 0.717) is 24.3 Å². The minimum absolute atomic E-state index is 0.292. The van der Waals surface area contributed by atoms with Crippen LogP contribution in [0.5, 0.6) is 0 Å². The molecule has 7 heteroatoms. The molecular weight excluding hydrogens is 200 g/mol. The number of fused-ring (bicyclic) bond motifs is 1. The van der Waals surface area contributed by atoms with Gasteiger partial charge in [-0.3, -0.25) is 14.8 Å². The fourth-order valence-corrected chi connectivity index (χ4v) is 1.37. The van der Waals surface area contributed by atoms with Crippen molar-refractivity contribution >= 4 is 11.2 Å². The molecule has 0 fully saturated rings. The zero-order valence-corrected chi connectivity index (χ0v) is 8.11. The molecule has 2 N–H and O–H groups in total. The molecule has 0 atom stereocenters. The first-order valence-corrected chi connectivity index (χ1v) is 4.39. The molecule has 0 spiro atoms. The number of H-pyrrole nitrogens is 2. The van der Waals surface area contributed by atoms with E-state index >= 15 is 0 Å². The Kier molecular flexibility index (Phi) is 2.38. The van der Waals surface area contributed by atoms with Crippen LogP contribution >= 0.6 is 0 Å². The molecule has 80 valence electrons. The molecule has 15 heavy (non-hydrogen) atoms. The summed E-state index contributed by atoms with van der Waals surface area (Å²) in [5.74, 6) is 0. The summed E-state index contributed by atoms with van der Waals surface area (Å²) in [4.78, 5) is 30.9. The van der Waals surface area contributed by atoms with Crippen LogP contribution in [-0.2, 0) is 11.3 Å². The molecule has 0 aromatic carbocycles. The van der Waals surface area contributed by atoms with E-state index in [2.05, 4.69) is 15.0 Å². The number of imidazole rings is 1. The van der Waals surface area contributed by atoms with Crippen LogP contribution in [0.3, 0.4) is 0 Å². The van der Waals surface area contributed by atoms with Gasteiger partial charge < -0.3 is 9.30 Å². The maximum absolute atomic E-state index is 11.5. The van der Waals surface area contributed by atoms with Crippen LogP contribution in [0.15, 0.2) is 15.9 Å². The normalized spacial score (nSPS) is 11.0. The lowest BCUT2D eigenvalue weighted by molar-refractivity contribution is 0.188. The number of hydrogen-bond donors (Lipinski definition) is 2. The first kappa shape index (κ1) is 9.66. The average molecular weight is 210 g/mol. The van der Waals surface area contributed by atoms with Crippen LogP contribution in [0.1, 0.15) is 0 Å². The molecule has 2 aromatic rings. The Balaban J connectivity index is 2.59. The molecule has 0 amide bonds. The third-order valence-corrected chi connectivity index (χ3v) is 2.05. The number of rotatable bonds is 3. The number of ether oxygens (including phenoxy) is 1. The molecule has 7 nitrogen and oxygen atoms in total. The van der Waals surface area contributed by atoms with Gasteiger partial charge in [-0.25, -0.2) is 9.78 Å². The van der Waals surface area contributed by atoms with E-state index in [1.807, 2.05) is 0 Å². The Labute approximate surface area is 83.7 Å². The molecule has 2 rings (SSSR count). The van der Waals surface area contributed by atoms with E-state index in [9.17, 15) is 9.59 Å². The molecule has 0 aliphatic carbocycles. The first-order valence-electron chi connectivity index (χ1n) is 4.39. The molecule has 0 unspecified atom stereocenters. The molecule has 0 aliphatic heterocycles. The fourth-order valence-electron chi connectivity index (χ4n) is 1.37. The van der Waals surface area contributed by atoms with Gasteiger partial charge in [0.05, 0.1) is 12.9 Å². The Bertz CT molecular complexity index is 579. The Hall–Kier alpha value is -1.89. The van der Waals surface area contributed by atoms with Gasteiger partial charge in [0, 0.05) is 13.7 Å². The monoisotopic (exact) mass is 210 g/mol. The quantitative estimate of drug-likeness (QED) is 0.683. The molecule has 0 saturated heterocycles. The molecule has 0 saturated carbocycles. The van der Waals surface area contributed by atoms with Crippen molar-refractivity contribution in [2.24, 2.45) is 0 Å². The van der Waals surface area contributed by atoms with Crippen LogP contribution in [0.4, 0.5) is 0 Å². The number of methoxy groups -OCH3 is 1. The lowest BCUT2D eigenvalue weighted by atomic mass is 10.5. The highest BCUT2D eigenvalue weighted by molar-refractivity contribution is 5.68. The standard InChI is InChI=1S/C8H10N4O3/c1-15-3-2-12-4-9-6-5(12)7(13)11-8(14)10-6/h4H,2-3H2,1H3,(H2,10,11,13,14). The van der Waals surface area contributed by atoms with Gasteiger partial charge in [0.25, 0.3) is 5.56 Å². The predicted octanol–water partition coefficient (Wildman–Crippen LogP) is -0.941. The Morgan fingerprint density at radius 3 is 3.00 bits per heavy atom. The second-order valence-corrected chi connectivity index (χ2v) is 3.04. The minimum atomic E-state index is -0.551. The van der Waals surface area contributed by atoms with Gasteiger partial charge in [0.15, 0.2) is 11.2 Å². The summed E-state index contributed by atoms with van der Waals surface area (Å²) in [6.07, 6.45) is 1.49. The van der Waals surface area contributed by atoms with Crippen LogP contribution < -0.4 is 11.2 Å². The highest BCUT2D eigenvalue weighted by Crippen LogP contribution is 2.01. The van der Waals surface area contributed by atoms with Crippen molar-refractivity contribution in [2.45, 2.75) is 6.54 Å². The van der Waals surface area contributed by atoms with E-state index < -0.39 is 11.2 Å². The average Bonchev–Trinajstić information content (AvgIpc) is 2.58. The SMILES string of the molecule is COCCn1cnc2[nH]c(=O)[nH]c(=O)c21. The van der Waals surface area contributed by atoms with Crippen molar-refractivity contribution in [2.75, 3.05) is 13.7 Å². The Morgan fingerprint density at radius 2 is 2.27 bits per heavy atom. The van der Waals surface area contributed by atoms with Crippen LogP contribution in [0.25, 0.3) is 11.2 Å². The first-order chi connectivity index (χ1) is 7.22. The van der Waals surface area contributed by atoms with Crippen molar-refractivity contribution in [3.63, 3.8) is 0 Å². The van der Waals surface area contributed by atoms with E-state index in [1.54, 1.807) is 11.7 Å². The summed E-state index contributed by atoms with van der Waals surface area (Å²) in [5.41, 5.74) is -0.349. The van der Waals surface area contributed by atoms with Crippen molar-refractivity contribution < 1.29 is 4.74 Å². The summed E-state index contributed by atoms with van der Waals surface area (Å²) in [7, 11) is 1.57. The lowest BCUT2D eigenvalue weighted by Crippen LogP contribution is -2.23. The zero-order chi connectivity index (χ0) is 10.8. The summed E-state index contributed by atoms with van der Waals surface area (Å²) in [5, 5.41) is 0. The number of nitrogens with one attached hydrogen (secondary N) is 2. The smallest absolute Gasteiger partial charge is 0.327 e. The van der Waals surface area contributed by atoms with Gasteiger partial charge >= 0.3 is 5.69 Å². The predicted molar refractivity (Wildman–Crippen MR) is 52.9 cm³/mol. The number of nitrogens with zero attached hydrogens (tertiary/aromatic N) is 2. The zero-order valence-electron chi connectivity index (χ0n) is 8.11. The molecular formula is C8H10N4O3. The van der Waals surface area contributed by atoms with Crippen molar-refractivity contribution in [3.8, 4) is 0 Å². The van der Waals surface area contributed by atoms with E-state index in [0.717, 1.165) is 0 Å². The number of aromatic nitrogens is 4. The molecule has 0 bridgehead atoms. The van der Waals surface area contributed by atoms with E-state index in [1.165, 1.54) is 6.33 Å². The van der Waals surface area contributed by atoms with Gasteiger partial charge in [0.2, 0.25) is 0 Å². The lowest BCUT2D eigenvalue weighted by Gasteiger charge is -2.00. The van der Waals surface area contributed by atoms with Gasteiger partial charge in [-0.2, -0.15) is 0 Å². The third kappa shape index (κ3) is 1.68. The molecule has 2 heterocycles. The summed E-state index contributed by atoms with van der Waals surface area (Å²) in [6, 6.07) is 0. The molecule has 0 radical (unpaired) electrons. The van der Waals surface area contributed by atoms with E-state index in [-0.39, 0.29) is 0 Å². The summed E-state index contributed by atoms with van der Waals surface area (Å²) in [6.45, 7) is 0.992. The third-order valence-electron chi connectivity index (χ3n) is 2.05. The second-order valence-electron chi connectivity index (χ2n) is 3.04. The molecule has 0 aliphatic rings. The topological polar surface area (TPSA) is 92.8 Å². The van der Waals surface area contributed by atoms with Gasteiger partial charge in [0.1, 0.15) is 0 Å². The number of hydrogen-bond acceptors (Lipinski definition) is 4.